The number of nitrogens with zero attached hydrogens (tertiary/aromatic N) is 4. The zero-order valence-electron chi connectivity index (χ0n) is 19.3. The van der Waals surface area contributed by atoms with E-state index in [1.807, 2.05) is 0 Å². The quantitative estimate of drug-likeness (QED) is 0.660. The van der Waals surface area contributed by atoms with Crippen molar-refractivity contribution >= 4 is 28.7 Å². The number of alkyl halides is 3. The average Bonchev–Trinajstić information content (AvgIpc) is 3.16. The number of hydrogen-bond donors (Lipinski definition) is 1. The summed E-state index contributed by atoms with van der Waals surface area (Å²) in [6, 6.07) is 2.72. The number of amides is 1. The van der Waals surface area contributed by atoms with Crippen LogP contribution in [0.25, 0.3) is 10.9 Å². The summed E-state index contributed by atoms with van der Waals surface area (Å²) in [5.74, 6) is -0.723. The third-order valence-corrected chi connectivity index (χ3v) is 6.69. The van der Waals surface area contributed by atoms with Crippen LogP contribution < -0.4 is 5.32 Å². The smallest absolute Gasteiger partial charge is 0.416 e. The van der Waals surface area contributed by atoms with E-state index in [0.717, 1.165) is 18.7 Å². The number of aromatic nitrogens is 2. The third-order valence-electron chi connectivity index (χ3n) is 6.69. The van der Waals surface area contributed by atoms with Gasteiger partial charge in [-0.1, -0.05) is 0 Å². The molecular formula is C23H28F3N5O3. The van der Waals surface area contributed by atoms with Crippen molar-refractivity contribution in [3.63, 3.8) is 0 Å². The lowest BCUT2D eigenvalue weighted by Crippen LogP contribution is -2.56. The molecule has 4 rings (SSSR count). The molecular weight excluding hydrogens is 451 g/mol. The lowest BCUT2D eigenvalue weighted by Gasteiger charge is -2.42. The van der Waals surface area contributed by atoms with E-state index < -0.39 is 23.7 Å². The molecule has 1 aromatic heterocycles. The number of fused-ring (bicyclic) bond motifs is 1. The third kappa shape index (κ3) is 4.79. The summed E-state index contributed by atoms with van der Waals surface area (Å²) in [5.41, 5.74) is -0.422. The Hall–Kier alpha value is -2.95. The normalized spacial score (nSPS) is 24.1. The number of rotatable bonds is 5. The topological polar surface area (TPSA) is 87.7 Å². The second-order valence-electron chi connectivity index (χ2n) is 9.06. The molecule has 0 bridgehead atoms. The minimum Gasteiger partial charge on any atom is -0.469 e. The molecule has 0 unspecified atom stereocenters. The van der Waals surface area contributed by atoms with Crippen molar-refractivity contribution in [3.05, 3.63) is 30.0 Å². The largest absolute Gasteiger partial charge is 0.469 e. The number of anilines is 1. The van der Waals surface area contributed by atoms with Crippen LogP contribution in [0.1, 0.15) is 32.3 Å². The van der Waals surface area contributed by atoms with E-state index in [1.165, 1.54) is 19.4 Å². The Morgan fingerprint density at radius 1 is 1.24 bits per heavy atom. The second kappa shape index (κ2) is 9.36. The molecule has 0 spiro atoms. The van der Waals surface area contributed by atoms with Gasteiger partial charge in [0.05, 0.1) is 24.1 Å². The van der Waals surface area contributed by atoms with Gasteiger partial charge in [-0.3, -0.25) is 14.5 Å². The first-order chi connectivity index (χ1) is 16.1. The van der Waals surface area contributed by atoms with Crippen LogP contribution in [0.3, 0.4) is 0 Å². The van der Waals surface area contributed by atoms with Crippen LogP contribution in [-0.2, 0) is 20.5 Å². The molecule has 34 heavy (non-hydrogen) atoms. The van der Waals surface area contributed by atoms with Gasteiger partial charge in [0.25, 0.3) is 0 Å². The zero-order chi connectivity index (χ0) is 24.6. The molecule has 8 nitrogen and oxygen atoms in total. The van der Waals surface area contributed by atoms with Gasteiger partial charge in [-0.2, -0.15) is 13.2 Å². The number of ether oxygens (including phenoxy) is 1. The molecule has 0 aliphatic carbocycles. The van der Waals surface area contributed by atoms with Crippen LogP contribution in [0.4, 0.5) is 19.1 Å². The van der Waals surface area contributed by atoms with E-state index >= 15 is 0 Å². The van der Waals surface area contributed by atoms with Crippen molar-refractivity contribution in [3.8, 4) is 0 Å². The molecule has 0 saturated carbocycles. The van der Waals surface area contributed by atoms with Crippen molar-refractivity contribution in [2.24, 2.45) is 5.92 Å². The Labute approximate surface area is 195 Å². The summed E-state index contributed by atoms with van der Waals surface area (Å²) in [6.07, 6.45) is -1.96. The van der Waals surface area contributed by atoms with Crippen molar-refractivity contribution < 1.29 is 27.5 Å². The summed E-state index contributed by atoms with van der Waals surface area (Å²) in [5, 5.41) is 3.28. The first kappa shape index (κ1) is 24.2. The Bertz CT molecular complexity index is 1080. The number of likely N-dealkylation sites (tertiary alicyclic amines) is 2. The second-order valence-corrected chi connectivity index (χ2v) is 9.06. The summed E-state index contributed by atoms with van der Waals surface area (Å²) < 4.78 is 43.8. The van der Waals surface area contributed by atoms with Crippen molar-refractivity contribution in [2.45, 2.75) is 51.0 Å². The maximum absolute atomic E-state index is 13.2. The number of benzene rings is 1. The molecule has 2 aliphatic heterocycles. The molecule has 1 aromatic carbocycles. The number of nitrogens with one attached hydrogen (secondary N) is 1. The maximum atomic E-state index is 13.2. The SMILES string of the molecule is COC(=O)[C@@H]1CN(C(C)C)CC[C@@H]1N1CC[C@H](Nc2ncc3cc(C(F)(F)F)ccc3n2)C1=O. The summed E-state index contributed by atoms with van der Waals surface area (Å²) in [7, 11) is 1.36. The summed E-state index contributed by atoms with van der Waals surface area (Å²) >= 11 is 0. The highest BCUT2D eigenvalue weighted by atomic mass is 19.4. The van der Waals surface area contributed by atoms with Crippen LogP contribution >= 0.6 is 0 Å². The van der Waals surface area contributed by atoms with Gasteiger partial charge in [-0.05, 0) is 44.9 Å². The highest BCUT2D eigenvalue weighted by Gasteiger charge is 2.44. The van der Waals surface area contributed by atoms with Crippen LogP contribution in [0.15, 0.2) is 24.4 Å². The van der Waals surface area contributed by atoms with Crippen LogP contribution in [0, 0.1) is 5.92 Å². The summed E-state index contributed by atoms with van der Waals surface area (Å²) in [4.78, 5) is 38.1. The van der Waals surface area contributed by atoms with Gasteiger partial charge in [-0.25, -0.2) is 9.97 Å². The summed E-state index contributed by atoms with van der Waals surface area (Å²) in [6.45, 7) is 5.95. The molecule has 2 aromatic rings. The van der Waals surface area contributed by atoms with E-state index in [2.05, 4.69) is 34.0 Å². The molecule has 2 aliphatic rings. The van der Waals surface area contributed by atoms with Crippen molar-refractivity contribution in [1.29, 1.82) is 0 Å². The van der Waals surface area contributed by atoms with E-state index in [9.17, 15) is 22.8 Å². The van der Waals surface area contributed by atoms with E-state index in [0.29, 0.717) is 31.4 Å². The highest BCUT2D eigenvalue weighted by Crippen LogP contribution is 2.32. The minimum atomic E-state index is -4.45. The van der Waals surface area contributed by atoms with Gasteiger partial charge < -0.3 is 15.0 Å². The molecule has 3 atom stereocenters. The maximum Gasteiger partial charge on any atom is 0.416 e. The van der Waals surface area contributed by atoms with Crippen molar-refractivity contribution in [2.75, 3.05) is 32.1 Å². The van der Waals surface area contributed by atoms with E-state index in [4.69, 9.17) is 4.74 Å². The monoisotopic (exact) mass is 479 g/mol. The zero-order valence-corrected chi connectivity index (χ0v) is 19.3. The van der Waals surface area contributed by atoms with Gasteiger partial charge in [0, 0.05) is 43.3 Å². The molecule has 0 radical (unpaired) electrons. The average molecular weight is 480 g/mol. The Balaban J connectivity index is 1.47. The standard InChI is InChI=1S/C23H28F3N5O3/c1-13(2)30-8-7-19(16(12-30)21(33)34-3)31-9-6-18(20(31)32)29-22-27-11-14-10-15(23(24,25)26)4-5-17(14)28-22/h4-5,10-11,13,16,18-19H,6-9,12H2,1-3H3,(H,27,28,29)/t16-,18+,19+/m1/s1. The number of piperidine rings is 1. The number of carbonyl (C=O) groups excluding carboxylic acids is 2. The van der Waals surface area contributed by atoms with Crippen LogP contribution in [0.2, 0.25) is 0 Å². The number of halogens is 3. The van der Waals surface area contributed by atoms with Crippen LogP contribution in [-0.4, -0.2) is 76.5 Å². The van der Waals surface area contributed by atoms with Crippen molar-refractivity contribution in [1.82, 2.24) is 19.8 Å². The first-order valence-corrected chi connectivity index (χ1v) is 11.3. The van der Waals surface area contributed by atoms with Crippen LogP contribution in [0.5, 0.6) is 0 Å². The molecule has 1 N–H and O–H groups in total. The lowest BCUT2D eigenvalue weighted by atomic mass is 9.90. The minimum absolute atomic E-state index is 0.145. The Kier molecular flexibility index (Phi) is 6.66. The Morgan fingerprint density at radius 3 is 2.68 bits per heavy atom. The number of esters is 1. The fourth-order valence-corrected chi connectivity index (χ4v) is 4.79. The van der Waals surface area contributed by atoms with Gasteiger partial charge >= 0.3 is 12.1 Å². The first-order valence-electron chi connectivity index (χ1n) is 11.3. The molecule has 2 saturated heterocycles. The predicted octanol–water partition coefficient (Wildman–Crippen LogP) is 2.93. The number of carbonyl (C=O) groups is 2. The predicted molar refractivity (Wildman–Crippen MR) is 119 cm³/mol. The molecule has 1 amide bonds. The number of methoxy groups -OCH3 is 1. The Morgan fingerprint density at radius 2 is 2.00 bits per heavy atom. The van der Waals surface area contributed by atoms with Gasteiger partial charge in [-0.15, -0.1) is 0 Å². The highest BCUT2D eigenvalue weighted by molar-refractivity contribution is 5.88. The molecule has 11 heteroatoms. The molecule has 3 heterocycles. The fraction of sp³-hybridized carbons (Fsp3) is 0.565. The van der Waals surface area contributed by atoms with Gasteiger partial charge in [0.2, 0.25) is 11.9 Å². The molecule has 2 fully saturated rings. The van der Waals surface area contributed by atoms with Gasteiger partial charge in [0.15, 0.2) is 0 Å². The van der Waals surface area contributed by atoms with Gasteiger partial charge in [0.1, 0.15) is 6.04 Å². The fourth-order valence-electron chi connectivity index (χ4n) is 4.79. The lowest BCUT2D eigenvalue weighted by molar-refractivity contribution is -0.152. The number of hydrogen-bond acceptors (Lipinski definition) is 7. The molecule has 184 valence electrons. The van der Waals surface area contributed by atoms with E-state index in [1.54, 1.807) is 4.90 Å². The van der Waals surface area contributed by atoms with E-state index in [-0.39, 0.29) is 35.3 Å².